The van der Waals surface area contributed by atoms with E-state index in [4.69, 9.17) is 9.47 Å². The summed E-state index contributed by atoms with van der Waals surface area (Å²) in [7, 11) is 2.02. The van der Waals surface area contributed by atoms with Crippen molar-refractivity contribution in [2.24, 2.45) is 5.92 Å². The second-order valence-electron chi connectivity index (χ2n) is 8.58. The largest absolute Gasteiger partial charge is 0.378 e. The zero-order valence-corrected chi connectivity index (χ0v) is 15.2. The van der Waals surface area contributed by atoms with Crippen molar-refractivity contribution in [2.75, 3.05) is 33.4 Å². The Kier molecular flexibility index (Phi) is 5.83. The van der Waals surface area contributed by atoms with Gasteiger partial charge in [-0.1, -0.05) is 6.92 Å². The Morgan fingerprint density at radius 3 is 2.33 bits per heavy atom. The van der Waals surface area contributed by atoms with Gasteiger partial charge in [0.1, 0.15) is 11.3 Å². The van der Waals surface area contributed by atoms with Crippen LogP contribution in [0.1, 0.15) is 58.3 Å². The lowest BCUT2D eigenvalue weighted by Crippen LogP contribution is -2.46. The maximum atomic E-state index is 15.4. The smallest absolute Gasteiger partial charge is 0.118 e. The predicted molar refractivity (Wildman–Crippen MR) is 90.8 cm³/mol. The van der Waals surface area contributed by atoms with Crippen molar-refractivity contribution in [1.29, 1.82) is 0 Å². The first-order valence-corrected chi connectivity index (χ1v) is 9.65. The van der Waals surface area contributed by atoms with Crippen LogP contribution in [0.15, 0.2) is 0 Å². The number of nitrogens with zero attached hydrogens (tertiary/aromatic N) is 1. The van der Waals surface area contributed by atoms with Crippen molar-refractivity contribution in [3.05, 3.63) is 0 Å². The molecule has 140 valence electrons. The molecule has 3 aliphatic heterocycles. The fourth-order valence-corrected chi connectivity index (χ4v) is 4.55. The maximum Gasteiger partial charge on any atom is 0.118 e. The lowest BCUT2D eigenvalue weighted by Gasteiger charge is -2.42. The summed E-state index contributed by atoms with van der Waals surface area (Å²) in [5.74, 6) is 0.608. The van der Waals surface area contributed by atoms with Crippen molar-refractivity contribution in [1.82, 2.24) is 4.90 Å². The minimum atomic E-state index is -1.26. The first kappa shape index (κ1) is 18.5. The van der Waals surface area contributed by atoms with Gasteiger partial charge >= 0.3 is 0 Å². The molecule has 0 aromatic rings. The molecule has 3 unspecified atom stereocenters. The Morgan fingerprint density at radius 1 is 0.958 bits per heavy atom. The van der Waals surface area contributed by atoms with Gasteiger partial charge in [-0.15, -0.1) is 0 Å². The van der Waals surface area contributed by atoms with Crippen molar-refractivity contribution in [3.63, 3.8) is 0 Å². The van der Waals surface area contributed by atoms with Crippen LogP contribution >= 0.6 is 0 Å². The molecule has 3 fully saturated rings. The molecule has 3 rings (SSSR count). The van der Waals surface area contributed by atoms with Crippen LogP contribution < -0.4 is 0 Å². The molecule has 0 radical (unpaired) electrons. The highest BCUT2D eigenvalue weighted by Gasteiger charge is 2.44. The molecule has 0 N–H and O–H groups in total. The molecule has 24 heavy (non-hydrogen) atoms. The highest BCUT2D eigenvalue weighted by molar-refractivity contribution is 4.94. The Hall–Kier alpha value is -0.260. The molecule has 0 spiro atoms. The Morgan fingerprint density at radius 2 is 1.62 bits per heavy atom. The summed E-state index contributed by atoms with van der Waals surface area (Å²) in [6, 6.07) is 0. The zero-order chi connectivity index (χ0) is 17.2. The number of hydrogen-bond donors (Lipinski definition) is 0. The summed E-state index contributed by atoms with van der Waals surface area (Å²) < 4.78 is 41.9. The predicted octanol–water partition coefficient (Wildman–Crippen LogP) is 3.90. The maximum absolute atomic E-state index is 15.4. The van der Waals surface area contributed by atoms with Crippen LogP contribution in [0, 0.1) is 5.92 Å². The van der Waals surface area contributed by atoms with Crippen LogP contribution in [-0.4, -0.2) is 61.8 Å². The summed E-state index contributed by atoms with van der Waals surface area (Å²) >= 11 is 0. The summed E-state index contributed by atoms with van der Waals surface area (Å²) in [5.41, 5.74) is -2.45. The third-order valence-corrected chi connectivity index (χ3v) is 6.20. The minimum absolute atomic E-state index is 0.0140. The van der Waals surface area contributed by atoms with Gasteiger partial charge in [0.25, 0.3) is 0 Å². The van der Waals surface area contributed by atoms with Gasteiger partial charge < -0.3 is 14.4 Å². The van der Waals surface area contributed by atoms with Crippen LogP contribution in [-0.2, 0) is 9.47 Å². The molecule has 3 aliphatic rings. The average Bonchev–Trinajstić information content (AvgIpc) is 2.50. The third-order valence-electron chi connectivity index (χ3n) is 6.20. The standard InChI is InChI=1S/C19H33F2NO2/c1-15-3-9-23-16(11-15)12-19(21)6-10-24-17(14-19)13-18(20)4-7-22(2)8-5-18/h15-17H,3-14H2,1-2H3/t15-,16?,17?,19?/m1/s1. The number of rotatable bonds is 4. The summed E-state index contributed by atoms with van der Waals surface area (Å²) in [6.45, 7) is 4.90. The fraction of sp³-hybridized carbons (Fsp3) is 1.00. The molecule has 4 atom stereocenters. The number of ether oxygens (including phenoxy) is 2. The van der Waals surface area contributed by atoms with E-state index >= 15 is 8.78 Å². The van der Waals surface area contributed by atoms with Gasteiger partial charge in [-0.05, 0) is 38.6 Å². The first-order chi connectivity index (χ1) is 11.4. The molecule has 3 saturated heterocycles. The van der Waals surface area contributed by atoms with Crippen LogP contribution in [0.3, 0.4) is 0 Å². The minimum Gasteiger partial charge on any atom is -0.378 e. The second kappa shape index (κ2) is 7.55. The molecule has 0 saturated carbocycles. The molecule has 0 bridgehead atoms. The number of hydrogen-bond acceptors (Lipinski definition) is 3. The zero-order valence-electron chi connectivity index (χ0n) is 15.2. The van der Waals surface area contributed by atoms with Crippen molar-refractivity contribution in [2.45, 2.75) is 81.8 Å². The lowest BCUT2D eigenvalue weighted by atomic mass is 9.80. The highest BCUT2D eigenvalue weighted by Crippen LogP contribution is 2.40. The van der Waals surface area contributed by atoms with E-state index in [2.05, 4.69) is 11.8 Å². The lowest BCUT2D eigenvalue weighted by molar-refractivity contribution is -0.114. The van der Waals surface area contributed by atoms with E-state index in [1.165, 1.54) is 0 Å². The van der Waals surface area contributed by atoms with Gasteiger partial charge in [0.2, 0.25) is 0 Å². The van der Waals surface area contributed by atoms with Crippen LogP contribution in [0.2, 0.25) is 0 Å². The van der Waals surface area contributed by atoms with E-state index in [9.17, 15) is 0 Å². The van der Waals surface area contributed by atoms with Crippen LogP contribution in [0.25, 0.3) is 0 Å². The van der Waals surface area contributed by atoms with Crippen molar-refractivity contribution in [3.8, 4) is 0 Å². The normalized spacial score (nSPS) is 41.2. The molecule has 0 amide bonds. The Balaban J connectivity index is 1.53. The van der Waals surface area contributed by atoms with Gasteiger partial charge in [0.05, 0.1) is 12.2 Å². The summed E-state index contributed by atoms with van der Waals surface area (Å²) in [6.07, 6.45) is 4.32. The fourth-order valence-electron chi connectivity index (χ4n) is 4.55. The van der Waals surface area contributed by atoms with Gasteiger partial charge in [0.15, 0.2) is 0 Å². The number of halogens is 2. The molecule has 3 heterocycles. The van der Waals surface area contributed by atoms with E-state index in [-0.39, 0.29) is 12.2 Å². The highest BCUT2D eigenvalue weighted by atomic mass is 19.1. The number of alkyl halides is 2. The monoisotopic (exact) mass is 345 g/mol. The van der Waals surface area contributed by atoms with Gasteiger partial charge in [0, 0.05) is 52.0 Å². The molecule has 5 heteroatoms. The molecule has 0 aromatic carbocycles. The molecular formula is C19H33F2NO2. The quantitative estimate of drug-likeness (QED) is 0.771. The van der Waals surface area contributed by atoms with Gasteiger partial charge in [-0.3, -0.25) is 0 Å². The van der Waals surface area contributed by atoms with E-state index < -0.39 is 11.3 Å². The van der Waals surface area contributed by atoms with E-state index in [0.717, 1.165) is 32.5 Å². The van der Waals surface area contributed by atoms with E-state index in [0.29, 0.717) is 51.0 Å². The SMILES string of the molecule is C[C@@H]1CCOC(CC2(F)CCOC(CC3(F)CCN(C)CC3)C2)C1. The Bertz CT molecular complexity index is 414. The molecular weight excluding hydrogens is 312 g/mol. The van der Waals surface area contributed by atoms with Gasteiger partial charge in [-0.25, -0.2) is 8.78 Å². The first-order valence-electron chi connectivity index (χ1n) is 9.65. The van der Waals surface area contributed by atoms with E-state index in [1.54, 1.807) is 0 Å². The van der Waals surface area contributed by atoms with Crippen molar-refractivity contribution >= 4 is 0 Å². The Labute approximate surface area is 145 Å². The summed E-state index contributed by atoms with van der Waals surface area (Å²) in [4.78, 5) is 2.15. The molecule has 0 aromatic heterocycles. The topological polar surface area (TPSA) is 21.7 Å². The third kappa shape index (κ3) is 4.89. The van der Waals surface area contributed by atoms with Crippen LogP contribution in [0.4, 0.5) is 8.78 Å². The molecule has 3 nitrogen and oxygen atoms in total. The number of likely N-dealkylation sites (tertiary alicyclic amines) is 1. The average molecular weight is 345 g/mol. The second-order valence-corrected chi connectivity index (χ2v) is 8.58. The van der Waals surface area contributed by atoms with Gasteiger partial charge in [-0.2, -0.15) is 0 Å². The van der Waals surface area contributed by atoms with Crippen LogP contribution in [0.5, 0.6) is 0 Å². The van der Waals surface area contributed by atoms with E-state index in [1.807, 2.05) is 7.05 Å². The molecule has 0 aliphatic carbocycles. The summed E-state index contributed by atoms with van der Waals surface area (Å²) in [5, 5.41) is 0. The number of piperidine rings is 1. The van der Waals surface area contributed by atoms with Crippen molar-refractivity contribution < 1.29 is 18.3 Å².